The first-order chi connectivity index (χ1) is 10.5. The van der Waals surface area contributed by atoms with E-state index in [-0.39, 0.29) is 5.78 Å². The Morgan fingerprint density at radius 3 is 2.36 bits per heavy atom. The van der Waals surface area contributed by atoms with E-state index < -0.39 is 0 Å². The van der Waals surface area contributed by atoms with Gasteiger partial charge in [-0.2, -0.15) is 0 Å². The van der Waals surface area contributed by atoms with Gasteiger partial charge in [0.25, 0.3) is 0 Å². The Hall–Kier alpha value is -2.35. The Bertz CT molecular complexity index is 681. The van der Waals surface area contributed by atoms with E-state index in [1.807, 2.05) is 36.4 Å². The average molecular weight is 293 g/mol. The molecule has 0 unspecified atom stereocenters. The van der Waals surface area contributed by atoms with Crippen LogP contribution in [0.4, 0.5) is 5.69 Å². The maximum absolute atomic E-state index is 12.1. The van der Waals surface area contributed by atoms with Crippen LogP contribution in [0.2, 0.25) is 0 Å². The number of carbonyl (C=O) groups is 1. The molecule has 0 aliphatic heterocycles. The van der Waals surface area contributed by atoms with Crippen LogP contribution in [0.3, 0.4) is 0 Å². The SMILES string of the molecule is Cc1cccc(NC=CC(=O)c2ccc(C(C)C)cc2)c1C. The summed E-state index contributed by atoms with van der Waals surface area (Å²) in [6, 6.07) is 13.9. The minimum Gasteiger partial charge on any atom is -0.361 e. The summed E-state index contributed by atoms with van der Waals surface area (Å²) in [7, 11) is 0. The van der Waals surface area contributed by atoms with Gasteiger partial charge >= 0.3 is 0 Å². The molecular formula is C20H23NO. The number of hydrogen-bond donors (Lipinski definition) is 1. The van der Waals surface area contributed by atoms with Crippen LogP contribution in [-0.4, -0.2) is 5.78 Å². The number of nitrogens with one attached hydrogen (secondary N) is 1. The summed E-state index contributed by atoms with van der Waals surface area (Å²) in [5.74, 6) is 0.485. The largest absolute Gasteiger partial charge is 0.361 e. The van der Waals surface area contributed by atoms with Gasteiger partial charge in [-0.3, -0.25) is 4.79 Å². The Morgan fingerprint density at radius 1 is 1.05 bits per heavy atom. The quantitative estimate of drug-likeness (QED) is 0.603. The third kappa shape index (κ3) is 3.85. The van der Waals surface area contributed by atoms with Crippen molar-refractivity contribution in [2.75, 3.05) is 5.32 Å². The molecule has 2 aromatic carbocycles. The lowest BCUT2D eigenvalue weighted by atomic mass is 10.0. The van der Waals surface area contributed by atoms with Crippen molar-refractivity contribution in [1.29, 1.82) is 0 Å². The van der Waals surface area contributed by atoms with Crippen molar-refractivity contribution in [2.45, 2.75) is 33.6 Å². The molecule has 0 radical (unpaired) electrons. The van der Waals surface area contributed by atoms with Crippen LogP contribution < -0.4 is 5.32 Å². The highest BCUT2D eigenvalue weighted by Crippen LogP contribution is 2.18. The zero-order valence-corrected chi connectivity index (χ0v) is 13.7. The van der Waals surface area contributed by atoms with Crippen molar-refractivity contribution >= 4 is 11.5 Å². The van der Waals surface area contributed by atoms with Crippen molar-refractivity contribution in [1.82, 2.24) is 0 Å². The summed E-state index contributed by atoms with van der Waals surface area (Å²) < 4.78 is 0. The standard InChI is InChI=1S/C20H23NO/c1-14(2)17-8-10-18(11-9-17)20(22)12-13-21-19-7-5-6-15(3)16(19)4/h5-14,21H,1-4H3. The molecule has 0 fully saturated rings. The van der Waals surface area contributed by atoms with E-state index in [0.717, 1.165) is 5.69 Å². The number of anilines is 1. The van der Waals surface area contributed by atoms with E-state index >= 15 is 0 Å². The molecule has 2 aromatic rings. The van der Waals surface area contributed by atoms with Crippen LogP contribution in [-0.2, 0) is 0 Å². The van der Waals surface area contributed by atoms with Crippen molar-refractivity contribution in [2.24, 2.45) is 0 Å². The lowest BCUT2D eigenvalue weighted by Crippen LogP contribution is -1.98. The van der Waals surface area contributed by atoms with E-state index in [1.165, 1.54) is 16.7 Å². The maximum Gasteiger partial charge on any atom is 0.187 e. The fourth-order valence-electron chi connectivity index (χ4n) is 2.24. The van der Waals surface area contributed by atoms with Gasteiger partial charge in [0.05, 0.1) is 0 Å². The minimum atomic E-state index is 0.00751. The first-order valence-corrected chi connectivity index (χ1v) is 7.62. The Morgan fingerprint density at radius 2 is 1.73 bits per heavy atom. The second kappa shape index (κ2) is 7.08. The molecule has 2 nitrogen and oxygen atoms in total. The second-order valence-corrected chi connectivity index (χ2v) is 5.87. The number of ketones is 1. The van der Waals surface area contributed by atoms with Crippen molar-refractivity contribution in [3.8, 4) is 0 Å². The number of benzene rings is 2. The van der Waals surface area contributed by atoms with Crippen LogP contribution in [0.25, 0.3) is 0 Å². The van der Waals surface area contributed by atoms with Gasteiger partial charge in [0, 0.05) is 23.5 Å². The molecule has 0 heterocycles. The summed E-state index contributed by atoms with van der Waals surface area (Å²) in [5.41, 5.74) is 5.41. The van der Waals surface area contributed by atoms with E-state index in [9.17, 15) is 4.79 Å². The highest BCUT2D eigenvalue weighted by Gasteiger charge is 2.04. The summed E-state index contributed by atoms with van der Waals surface area (Å²) in [5, 5.41) is 3.18. The van der Waals surface area contributed by atoms with E-state index in [0.29, 0.717) is 11.5 Å². The molecule has 2 rings (SSSR count). The molecule has 0 saturated heterocycles. The second-order valence-electron chi connectivity index (χ2n) is 5.87. The highest BCUT2D eigenvalue weighted by molar-refractivity contribution is 6.04. The number of allylic oxidation sites excluding steroid dienone is 1. The summed E-state index contributed by atoms with van der Waals surface area (Å²) in [4.78, 5) is 12.1. The molecule has 0 bridgehead atoms. The number of aryl methyl sites for hydroxylation is 1. The molecule has 114 valence electrons. The first kappa shape index (κ1) is 16.0. The third-order valence-corrected chi connectivity index (χ3v) is 3.94. The molecule has 0 amide bonds. The zero-order chi connectivity index (χ0) is 16.1. The molecule has 0 aliphatic carbocycles. The first-order valence-electron chi connectivity index (χ1n) is 7.62. The lowest BCUT2D eigenvalue weighted by molar-refractivity contribution is 0.104. The topological polar surface area (TPSA) is 29.1 Å². The van der Waals surface area contributed by atoms with E-state index in [1.54, 1.807) is 12.3 Å². The molecular weight excluding hydrogens is 270 g/mol. The van der Waals surface area contributed by atoms with Crippen molar-refractivity contribution < 1.29 is 4.79 Å². The fourth-order valence-corrected chi connectivity index (χ4v) is 2.24. The monoisotopic (exact) mass is 293 g/mol. The van der Waals surface area contributed by atoms with Crippen LogP contribution in [0.5, 0.6) is 0 Å². The summed E-state index contributed by atoms with van der Waals surface area (Å²) in [6.07, 6.45) is 3.28. The van der Waals surface area contributed by atoms with Gasteiger partial charge in [-0.25, -0.2) is 0 Å². The van der Waals surface area contributed by atoms with Gasteiger partial charge in [0.2, 0.25) is 0 Å². The van der Waals surface area contributed by atoms with Crippen molar-refractivity contribution in [3.05, 3.63) is 77.0 Å². The minimum absolute atomic E-state index is 0.00751. The lowest BCUT2D eigenvalue weighted by Gasteiger charge is -2.07. The normalized spacial score (nSPS) is 11.1. The van der Waals surface area contributed by atoms with Crippen molar-refractivity contribution in [3.63, 3.8) is 0 Å². The molecule has 0 aromatic heterocycles. The molecule has 22 heavy (non-hydrogen) atoms. The van der Waals surface area contributed by atoms with Crippen LogP contribution in [0, 0.1) is 13.8 Å². The molecule has 2 heteroatoms. The number of carbonyl (C=O) groups excluding carboxylic acids is 1. The van der Waals surface area contributed by atoms with Crippen LogP contribution >= 0.6 is 0 Å². The Labute approximate surface area is 132 Å². The maximum atomic E-state index is 12.1. The molecule has 0 atom stereocenters. The predicted octanol–water partition coefficient (Wildman–Crippen LogP) is 5.24. The number of rotatable bonds is 5. The van der Waals surface area contributed by atoms with Gasteiger partial charge in [-0.05, 0) is 42.5 Å². The third-order valence-electron chi connectivity index (χ3n) is 3.94. The van der Waals surface area contributed by atoms with E-state index in [4.69, 9.17) is 0 Å². The average Bonchev–Trinajstić information content (AvgIpc) is 2.51. The van der Waals surface area contributed by atoms with Gasteiger partial charge in [-0.1, -0.05) is 50.2 Å². The molecule has 1 N–H and O–H groups in total. The fraction of sp³-hybridized carbons (Fsp3) is 0.250. The summed E-state index contributed by atoms with van der Waals surface area (Å²) in [6.45, 7) is 8.43. The van der Waals surface area contributed by atoms with Gasteiger partial charge < -0.3 is 5.32 Å². The van der Waals surface area contributed by atoms with Gasteiger partial charge in [-0.15, -0.1) is 0 Å². The Balaban J connectivity index is 2.03. The highest BCUT2D eigenvalue weighted by atomic mass is 16.1. The van der Waals surface area contributed by atoms with Gasteiger partial charge in [0.15, 0.2) is 5.78 Å². The summed E-state index contributed by atoms with van der Waals surface area (Å²) >= 11 is 0. The molecule has 0 saturated carbocycles. The predicted molar refractivity (Wildman–Crippen MR) is 93.5 cm³/mol. The molecule has 0 aliphatic rings. The van der Waals surface area contributed by atoms with E-state index in [2.05, 4.69) is 39.1 Å². The van der Waals surface area contributed by atoms with Crippen LogP contribution in [0.15, 0.2) is 54.7 Å². The molecule has 0 spiro atoms. The number of hydrogen-bond acceptors (Lipinski definition) is 2. The van der Waals surface area contributed by atoms with Crippen LogP contribution in [0.1, 0.15) is 46.8 Å². The van der Waals surface area contributed by atoms with Gasteiger partial charge in [0.1, 0.15) is 0 Å². The zero-order valence-electron chi connectivity index (χ0n) is 13.7. The smallest absolute Gasteiger partial charge is 0.187 e. The Kier molecular flexibility index (Phi) is 5.16.